The molecule has 0 spiro atoms. The maximum Gasteiger partial charge on any atom is 0.407 e. The molecule has 2 aromatic carbocycles. The summed E-state index contributed by atoms with van der Waals surface area (Å²) in [4.78, 5) is 38.2. The maximum absolute atomic E-state index is 12.4. The van der Waals surface area contributed by atoms with Crippen molar-refractivity contribution in [1.29, 1.82) is 0 Å². The van der Waals surface area contributed by atoms with Crippen molar-refractivity contribution in [3.05, 3.63) is 59.7 Å². The molecule has 0 bridgehead atoms. The standard InChI is InChI=1S/C26H30N2O5/c29-24(28-15-6-1-7-16-28)14-8-13-23(25(30)31)27-26(32)33-17-22-20-11-4-2-9-18(20)19-10-3-5-12-21(19)22/h2-5,9-12,22-23H,1,6-8,13-17H2,(H,27,32)(H,30,31)/t23-/m0/s1. The van der Waals surface area contributed by atoms with E-state index < -0.39 is 18.1 Å². The molecular formula is C26H30N2O5. The van der Waals surface area contributed by atoms with Crippen LogP contribution in [0.4, 0.5) is 4.79 Å². The zero-order valence-corrected chi connectivity index (χ0v) is 18.7. The zero-order valence-electron chi connectivity index (χ0n) is 18.7. The van der Waals surface area contributed by atoms with Crippen LogP contribution in [0.15, 0.2) is 48.5 Å². The molecule has 2 N–H and O–H groups in total. The molecule has 4 rings (SSSR count). The van der Waals surface area contributed by atoms with Gasteiger partial charge in [0.15, 0.2) is 0 Å². The van der Waals surface area contributed by atoms with Crippen LogP contribution >= 0.6 is 0 Å². The number of hydrogen-bond donors (Lipinski definition) is 2. The van der Waals surface area contributed by atoms with Crippen molar-refractivity contribution in [1.82, 2.24) is 10.2 Å². The topological polar surface area (TPSA) is 95.9 Å². The molecule has 174 valence electrons. The third-order valence-corrected chi connectivity index (χ3v) is 6.53. The number of likely N-dealkylation sites (tertiary alicyclic amines) is 1. The van der Waals surface area contributed by atoms with Gasteiger partial charge in [0.25, 0.3) is 0 Å². The fraction of sp³-hybridized carbons (Fsp3) is 0.423. The van der Waals surface area contributed by atoms with E-state index in [1.807, 2.05) is 41.3 Å². The molecule has 1 heterocycles. The fourth-order valence-corrected chi connectivity index (χ4v) is 4.80. The number of hydrogen-bond acceptors (Lipinski definition) is 4. The van der Waals surface area contributed by atoms with Crippen molar-refractivity contribution in [3.8, 4) is 11.1 Å². The Hall–Kier alpha value is -3.35. The van der Waals surface area contributed by atoms with Crippen molar-refractivity contribution >= 4 is 18.0 Å². The zero-order chi connectivity index (χ0) is 23.2. The first-order valence-electron chi connectivity index (χ1n) is 11.7. The first-order chi connectivity index (χ1) is 16.0. The number of ether oxygens (including phenoxy) is 1. The van der Waals surface area contributed by atoms with Gasteiger partial charge in [-0.05, 0) is 54.4 Å². The number of nitrogens with one attached hydrogen (secondary N) is 1. The second-order valence-electron chi connectivity index (χ2n) is 8.69. The van der Waals surface area contributed by atoms with E-state index in [4.69, 9.17) is 4.74 Å². The first-order valence-corrected chi connectivity index (χ1v) is 11.7. The van der Waals surface area contributed by atoms with Crippen LogP contribution in [0.25, 0.3) is 11.1 Å². The Labute approximate surface area is 193 Å². The second-order valence-corrected chi connectivity index (χ2v) is 8.69. The van der Waals surface area contributed by atoms with Gasteiger partial charge in [0.2, 0.25) is 5.91 Å². The smallest absolute Gasteiger partial charge is 0.407 e. The number of carboxylic acids is 1. The summed E-state index contributed by atoms with van der Waals surface area (Å²) in [6, 6.07) is 15.0. The molecule has 0 radical (unpaired) electrons. The van der Waals surface area contributed by atoms with Crippen molar-refractivity contribution in [2.45, 2.75) is 50.5 Å². The molecule has 1 saturated heterocycles. The van der Waals surface area contributed by atoms with Gasteiger partial charge in [-0.25, -0.2) is 9.59 Å². The molecule has 0 unspecified atom stereocenters. The van der Waals surface area contributed by atoms with Gasteiger partial charge in [-0.15, -0.1) is 0 Å². The lowest BCUT2D eigenvalue weighted by Crippen LogP contribution is -2.41. The molecule has 1 fully saturated rings. The summed E-state index contributed by atoms with van der Waals surface area (Å²) in [5, 5.41) is 12.0. The van der Waals surface area contributed by atoms with E-state index >= 15 is 0 Å². The molecule has 33 heavy (non-hydrogen) atoms. The summed E-state index contributed by atoms with van der Waals surface area (Å²) in [6.45, 7) is 1.68. The number of amides is 2. The highest BCUT2D eigenvalue weighted by Crippen LogP contribution is 2.44. The number of carboxylic acid groups (broad SMARTS) is 1. The minimum absolute atomic E-state index is 0.0555. The van der Waals surface area contributed by atoms with Crippen LogP contribution in [-0.4, -0.2) is 53.7 Å². The molecular weight excluding hydrogens is 420 g/mol. The first kappa shape index (κ1) is 22.8. The normalized spacial score (nSPS) is 15.9. The third-order valence-electron chi connectivity index (χ3n) is 6.53. The Balaban J connectivity index is 1.29. The summed E-state index contributed by atoms with van der Waals surface area (Å²) in [5.41, 5.74) is 4.45. The van der Waals surface area contributed by atoms with Gasteiger partial charge in [0.05, 0.1) is 0 Å². The lowest BCUT2D eigenvalue weighted by Gasteiger charge is -2.26. The van der Waals surface area contributed by atoms with E-state index in [0.717, 1.165) is 54.6 Å². The Kier molecular flexibility index (Phi) is 7.27. The number of piperidine rings is 1. The van der Waals surface area contributed by atoms with Gasteiger partial charge < -0.3 is 20.1 Å². The van der Waals surface area contributed by atoms with Gasteiger partial charge in [0.1, 0.15) is 12.6 Å². The summed E-state index contributed by atoms with van der Waals surface area (Å²) in [7, 11) is 0. The van der Waals surface area contributed by atoms with Crippen LogP contribution in [0.5, 0.6) is 0 Å². The summed E-state index contributed by atoms with van der Waals surface area (Å²) in [5.74, 6) is -1.16. The fourth-order valence-electron chi connectivity index (χ4n) is 4.80. The van der Waals surface area contributed by atoms with Crippen LogP contribution < -0.4 is 5.32 Å². The highest BCUT2D eigenvalue weighted by Gasteiger charge is 2.29. The number of carbonyl (C=O) groups is 3. The quantitative estimate of drug-likeness (QED) is 0.630. The summed E-state index contributed by atoms with van der Waals surface area (Å²) in [6.07, 6.45) is 3.30. The molecule has 1 aliphatic heterocycles. The molecule has 2 amide bonds. The molecule has 0 aromatic heterocycles. The number of fused-ring (bicyclic) bond motifs is 3. The molecule has 7 nitrogen and oxygen atoms in total. The summed E-state index contributed by atoms with van der Waals surface area (Å²) < 4.78 is 5.45. The van der Waals surface area contributed by atoms with E-state index in [1.165, 1.54) is 0 Å². The van der Waals surface area contributed by atoms with Crippen molar-refractivity contribution in [2.75, 3.05) is 19.7 Å². The van der Waals surface area contributed by atoms with Gasteiger partial charge in [0, 0.05) is 25.4 Å². The van der Waals surface area contributed by atoms with Crippen molar-refractivity contribution < 1.29 is 24.2 Å². The van der Waals surface area contributed by atoms with Crippen LogP contribution in [0, 0.1) is 0 Å². The van der Waals surface area contributed by atoms with Gasteiger partial charge in [-0.2, -0.15) is 0 Å². The predicted octanol–water partition coefficient (Wildman–Crippen LogP) is 4.16. The number of carbonyl (C=O) groups excluding carboxylic acids is 2. The average Bonchev–Trinajstić information content (AvgIpc) is 3.16. The minimum Gasteiger partial charge on any atom is -0.480 e. The maximum atomic E-state index is 12.4. The highest BCUT2D eigenvalue weighted by molar-refractivity contribution is 5.81. The van der Waals surface area contributed by atoms with Crippen molar-refractivity contribution in [3.63, 3.8) is 0 Å². The van der Waals surface area contributed by atoms with Gasteiger partial charge in [-0.1, -0.05) is 48.5 Å². The molecule has 1 aliphatic carbocycles. The van der Waals surface area contributed by atoms with E-state index in [0.29, 0.717) is 6.42 Å². The Morgan fingerprint density at radius 3 is 2.18 bits per heavy atom. The SMILES string of the molecule is O=C(N[C@@H](CCCC(=O)N1CCCCC1)C(=O)O)OCC1c2ccccc2-c2ccccc21. The second kappa shape index (κ2) is 10.5. The number of nitrogens with zero attached hydrogens (tertiary/aromatic N) is 1. The number of rotatable bonds is 8. The summed E-state index contributed by atoms with van der Waals surface area (Å²) >= 11 is 0. The number of alkyl carbamates (subject to hydrolysis) is 1. The molecule has 0 saturated carbocycles. The third kappa shape index (κ3) is 5.35. The van der Waals surface area contributed by atoms with Crippen LogP contribution in [0.1, 0.15) is 55.6 Å². The molecule has 2 aromatic rings. The predicted molar refractivity (Wildman–Crippen MR) is 124 cm³/mol. The minimum atomic E-state index is -1.13. The molecule has 7 heteroatoms. The molecule has 1 atom stereocenters. The van der Waals surface area contributed by atoms with E-state index in [1.54, 1.807) is 0 Å². The van der Waals surface area contributed by atoms with E-state index in [-0.39, 0.29) is 31.3 Å². The van der Waals surface area contributed by atoms with Gasteiger partial charge >= 0.3 is 12.1 Å². The Bertz CT molecular complexity index is 970. The average molecular weight is 451 g/mol. The number of benzene rings is 2. The Morgan fingerprint density at radius 2 is 1.58 bits per heavy atom. The van der Waals surface area contributed by atoms with Crippen LogP contribution in [0.3, 0.4) is 0 Å². The number of aliphatic carboxylic acids is 1. The monoisotopic (exact) mass is 450 g/mol. The molecule has 2 aliphatic rings. The highest BCUT2D eigenvalue weighted by atomic mass is 16.5. The lowest BCUT2D eigenvalue weighted by atomic mass is 9.98. The van der Waals surface area contributed by atoms with Crippen LogP contribution in [0.2, 0.25) is 0 Å². The van der Waals surface area contributed by atoms with Crippen LogP contribution in [-0.2, 0) is 14.3 Å². The van der Waals surface area contributed by atoms with E-state index in [9.17, 15) is 19.5 Å². The van der Waals surface area contributed by atoms with Crippen molar-refractivity contribution in [2.24, 2.45) is 0 Å². The van der Waals surface area contributed by atoms with Gasteiger partial charge in [-0.3, -0.25) is 4.79 Å². The largest absolute Gasteiger partial charge is 0.480 e. The lowest BCUT2D eigenvalue weighted by molar-refractivity contribution is -0.140. The van der Waals surface area contributed by atoms with E-state index in [2.05, 4.69) is 17.4 Å². The Morgan fingerprint density at radius 1 is 0.970 bits per heavy atom.